The van der Waals surface area contributed by atoms with Crippen LogP contribution in [0.3, 0.4) is 0 Å². The maximum atomic E-state index is 12.2. The van der Waals surface area contributed by atoms with Crippen molar-refractivity contribution in [2.75, 3.05) is 26.2 Å². The molecule has 0 spiro atoms. The van der Waals surface area contributed by atoms with Crippen molar-refractivity contribution in [1.82, 2.24) is 4.98 Å². The third-order valence-corrected chi connectivity index (χ3v) is 7.40. The van der Waals surface area contributed by atoms with Crippen LogP contribution >= 0.6 is 11.3 Å². The molecule has 154 valence electrons. The molecule has 2 aromatic carbocycles. The van der Waals surface area contributed by atoms with Crippen LogP contribution in [0.2, 0.25) is 0 Å². The zero-order chi connectivity index (χ0) is 20.7. The summed E-state index contributed by atoms with van der Waals surface area (Å²) in [7, 11) is 0. The lowest BCUT2D eigenvalue weighted by Gasteiger charge is -2.29. The summed E-state index contributed by atoms with van der Waals surface area (Å²) in [6, 6.07) is 14.3. The number of nitrogens with one attached hydrogen (secondary N) is 2. The molecule has 0 radical (unpaired) electrons. The van der Waals surface area contributed by atoms with E-state index in [0.717, 1.165) is 72.4 Å². The maximum Gasteiger partial charge on any atom is 0.336 e. The number of hydrogen-bond donors (Lipinski definition) is 2. The van der Waals surface area contributed by atoms with Gasteiger partial charge in [-0.15, -0.1) is 11.3 Å². The molecule has 1 aliphatic heterocycles. The summed E-state index contributed by atoms with van der Waals surface area (Å²) in [5.74, 6) is 0. The Morgan fingerprint density at radius 3 is 2.50 bits per heavy atom. The Morgan fingerprint density at radius 2 is 1.73 bits per heavy atom. The van der Waals surface area contributed by atoms with E-state index in [1.54, 1.807) is 11.0 Å². The fraction of sp³-hybridized carbons (Fsp3) is 0.333. The van der Waals surface area contributed by atoms with E-state index in [0.29, 0.717) is 0 Å². The highest BCUT2D eigenvalue weighted by molar-refractivity contribution is 7.18. The highest BCUT2D eigenvalue weighted by Gasteiger charge is 2.25. The molecular weight excluding hydrogens is 394 g/mol. The first-order valence-corrected chi connectivity index (χ1v) is 11.4. The Morgan fingerprint density at radius 1 is 1.00 bits per heavy atom. The summed E-state index contributed by atoms with van der Waals surface area (Å²) in [6.07, 6.45) is 0. The fourth-order valence-electron chi connectivity index (χ4n) is 4.46. The first-order chi connectivity index (χ1) is 14.6. The van der Waals surface area contributed by atoms with E-state index >= 15 is 0 Å². The summed E-state index contributed by atoms with van der Waals surface area (Å²) in [6.45, 7) is 10.4. The molecule has 0 atom stereocenters. The van der Waals surface area contributed by atoms with Gasteiger partial charge in [0.1, 0.15) is 49.9 Å². The molecule has 2 aromatic heterocycles. The molecule has 6 heteroatoms. The highest BCUT2D eigenvalue weighted by Crippen LogP contribution is 2.23. The Balaban J connectivity index is 1.27. The number of quaternary nitrogens is 2. The fourth-order valence-corrected chi connectivity index (χ4v) is 5.50. The van der Waals surface area contributed by atoms with Gasteiger partial charge in [-0.2, -0.15) is 0 Å². The number of rotatable bonds is 4. The highest BCUT2D eigenvalue weighted by atomic mass is 32.1. The van der Waals surface area contributed by atoms with Gasteiger partial charge in [-0.3, -0.25) is 0 Å². The summed E-state index contributed by atoms with van der Waals surface area (Å²) in [5, 5.41) is 2.31. The van der Waals surface area contributed by atoms with E-state index in [1.165, 1.54) is 14.6 Å². The predicted octanol–water partition coefficient (Wildman–Crippen LogP) is 1.50. The monoisotopic (exact) mass is 421 g/mol. The zero-order valence-electron chi connectivity index (χ0n) is 17.5. The van der Waals surface area contributed by atoms with Gasteiger partial charge in [0.2, 0.25) is 0 Å². The van der Waals surface area contributed by atoms with Gasteiger partial charge in [-0.25, -0.2) is 9.78 Å². The molecule has 5 rings (SSSR count). The molecule has 4 aromatic rings. The number of benzene rings is 2. The van der Waals surface area contributed by atoms with E-state index in [4.69, 9.17) is 9.40 Å². The molecule has 1 saturated heterocycles. The largest absolute Gasteiger partial charge is 0.422 e. The second-order valence-electron chi connectivity index (χ2n) is 8.40. The van der Waals surface area contributed by atoms with Gasteiger partial charge in [0.05, 0.1) is 10.2 Å². The number of aryl methyl sites for hydroxylation is 2. The average molecular weight is 422 g/mol. The van der Waals surface area contributed by atoms with Gasteiger partial charge in [-0.05, 0) is 37.1 Å². The molecule has 0 unspecified atom stereocenters. The molecule has 1 fully saturated rings. The van der Waals surface area contributed by atoms with Gasteiger partial charge in [0, 0.05) is 17.0 Å². The molecule has 0 amide bonds. The summed E-state index contributed by atoms with van der Waals surface area (Å²) >= 11 is 1.82. The minimum Gasteiger partial charge on any atom is -0.422 e. The number of fused-ring (bicyclic) bond motifs is 2. The third kappa shape index (κ3) is 3.78. The smallest absolute Gasteiger partial charge is 0.336 e. The topological polar surface area (TPSA) is 52.0 Å². The summed E-state index contributed by atoms with van der Waals surface area (Å²) in [5.41, 5.74) is 4.94. The lowest BCUT2D eigenvalue weighted by atomic mass is 10.0. The molecule has 5 nitrogen and oxygen atoms in total. The van der Waals surface area contributed by atoms with Crippen molar-refractivity contribution in [1.29, 1.82) is 0 Å². The van der Waals surface area contributed by atoms with Gasteiger partial charge in [0.25, 0.3) is 0 Å². The van der Waals surface area contributed by atoms with Crippen LogP contribution in [-0.2, 0) is 13.1 Å². The van der Waals surface area contributed by atoms with E-state index < -0.39 is 0 Å². The van der Waals surface area contributed by atoms with Crippen molar-refractivity contribution in [2.45, 2.75) is 26.9 Å². The Labute approximate surface area is 179 Å². The molecule has 30 heavy (non-hydrogen) atoms. The second kappa shape index (κ2) is 7.95. The van der Waals surface area contributed by atoms with Gasteiger partial charge >= 0.3 is 5.63 Å². The van der Waals surface area contributed by atoms with Crippen molar-refractivity contribution in [3.05, 3.63) is 74.6 Å². The van der Waals surface area contributed by atoms with E-state index in [-0.39, 0.29) is 5.63 Å². The first-order valence-electron chi connectivity index (χ1n) is 10.6. The van der Waals surface area contributed by atoms with Crippen LogP contribution in [0.1, 0.15) is 21.7 Å². The van der Waals surface area contributed by atoms with Gasteiger partial charge in [0.15, 0.2) is 0 Å². The number of thiazole rings is 1. The van der Waals surface area contributed by atoms with Crippen LogP contribution < -0.4 is 15.4 Å². The third-order valence-electron chi connectivity index (χ3n) is 6.36. The Hall–Kier alpha value is -2.54. The van der Waals surface area contributed by atoms with Crippen molar-refractivity contribution in [3.63, 3.8) is 0 Å². The number of nitrogens with zero attached hydrogens (tertiary/aromatic N) is 1. The van der Waals surface area contributed by atoms with Crippen molar-refractivity contribution >= 4 is 32.5 Å². The molecule has 0 saturated carbocycles. The number of hydrogen-bond acceptors (Lipinski definition) is 4. The SMILES string of the molecule is Cc1ccc2c(C[NH+]3CC[NH+](Cc4nc5ccccc5s4)CC3)cc(=O)oc2c1C. The molecule has 1 aliphatic rings. The molecule has 3 heterocycles. The van der Waals surface area contributed by atoms with Crippen LogP contribution in [0.4, 0.5) is 0 Å². The number of para-hydroxylation sites is 1. The molecule has 0 aliphatic carbocycles. The van der Waals surface area contributed by atoms with Crippen LogP contribution in [-0.4, -0.2) is 31.2 Å². The van der Waals surface area contributed by atoms with E-state index in [2.05, 4.69) is 43.3 Å². The predicted molar refractivity (Wildman–Crippen MR) is 120 cm³/mol. The number of aromatic nitrogens is 1. The van der Waals surface area contributed by atoms with Crippen molar-refractivity contribution in [2.24, 2.45) is 0 Å². The van der Waals surface area contributed by atoms with Gasteiger partial charge < -0.3 is 14.2 Å². The van der Waals surface area contributed by atoms with Gasteiger partial charge in [-0.1, -0.05) is 24.3 Å². The molecule has 2 N–H and O–H groups in total. The normalized spacial score (nSPS) is 19.5. The Kier molecular flexibility index (Phi) is 5.15. The van der Waals surface area contributed by atoms with Crippen LogP contribution in [0, 0.1) is 13.8 Å². The van der Waals surface area contributed by atoms with Crippen molar-refractivity contribution in [3.8, 4) is 0 Å². The van der Waals surface area contributed by atoms with E-state index in [1.807, 2.05) is 18.3 Å². The summed E-state index contributed by atoms with van der Waals surface area (Å²) < 4.78 is 6.81. The first kappa shape index (κ1) is 19.4. The minimum absolute atomic E-state index is 0.245. The second-order valence-corrected chi connectivity index (χ2v) is 9.52. The summed E-state index contributed by atoms with van der Waals surface area (Å²) in [4.78, 5) is 20.1. The van der Waals surface area contributed by atoms with Crippen LogP contribution in [0.5, 0.6) is 0 Å². The Bertz CT molecular complexity index is 1240. The maximum absolute atomic E-state index is 12.2. The van der Waals surface area contributed by atoms with Crippen molar-refractivity contribution < 1.29 is 14.2 Å². The minimum atomic E-state index is -0.245. The molecular formula is C24H27N3O2S+2. The lowest BCUT2D eigenvalue weighted by Crippen LogP contribution is -3.27. The lowest BCUT2D eigenvalue weighted by molar-refractivity contribution is -1.02. The van der Waals surface area contributed by atoms with Crippen LogP contribution in [0.15, 0.2) is 51.7 Å². The van der Waals surface area contributed by atoms with Crippen LogP contribution in [0.25, 0.3) is 21.2 Å². The average Bonchev–Trinajstić information content (AvgIpc) is 3.15. The standard InChI is InChI=1S/C24H25N3O2S/c1-16-7-8-19-18(13-23(28)29-24(19)17(16)2)14-26-9-11-27(12-10-26)15-22-25-20-5-3-4-6-21(20)30-22/h3-8,13H,9-12,14-15H2,1-2H3/p+2. The zero-order valence-corrected chi connectivity index (χ0v) is 18.3. The number of piperazine rings is 1. The van der Waals surface area contributed by atoms with E-state index in [9.17, 15) is 4.79 Å². The molecule has 0 bridgehead atoms. The quantitative estimate of drug-likeness (QED) is 0.491.